The summed E-state index contributed by atoms with van der Waals surface area (Å²) in [6.45, 7) is 2.76. The topological polar surface area (TPSA) is 51.5 Å². The molecule has 0 aromatic carbocycles. The molecule has 0 aliphatic rings. The van der Waals surface area contributed by atoms with Crippen LogP contribution < -0.4 is 5.32 Å². The number of carbonyl (C=O) groups is 1. The molecule has 0 aliphatic carbocycles. The zero-order chi connectivity index (χ0) is 10.4. The maximum Gasteiger partial charge on any atom is 0.222 e. The third-order valence-corrected chi connectivity index (χ3v) is 1.79. The summed E-state index contributed by atoms with van der Waals surface area (Å²) in [6.07, 6.45) is 0.385. The number of methoxy groups -OCH3 is 1. The zero-order valence-corrected chi connectivity index (χ0v) is 8.50. The second-order valence-corrected chi connectivity index (χ2v) is 3.03. The Labute approximate surface area is 83.2 Å². The molecule has 1 N–H and O–H groups in total. The number of rotatable bonds is 5. The van der Waals surface area contributed by atoms with Gasteiger partial charge in [-0.3, -0.25) is 4.79 Å². The molecule has 0 bridgehead atoms. The number of hydrogen-bond donors (Lipinski definition) is 1. The molecule has 0 aliphatic heterocycles. The highest BCUT2D eigenvalue weighted by atomic mass is 16.5. The molecule has 0 atom stereocenters. The van der Waals surface area contributed by atoms with Crippen LogP contribution in [0.15, 0.2) is 16.5 Å². The highest BCUT2D eigenvalue weighted by molar-refractivity contribution is 5.75. The third kappa shape index (κ3) is 3.62. The molecular formula is C10H15NO3. The van der Waals surface area contributed by atoms with Crippen molar-refractivity contribution in [1.82, 2.24) is 5.32 Å². The fraction of sp³-hybridized carbons (Fsp3) is 0.500. The Morgan fingerprint density at radius 3 is 2.93 bits per heavy atom. The van der Waals surface area contributed by atoms with Gasteiger partial charge < -0.3 is 14.5 Å². The highest BCUT2D eigenvalue weighted by Crippen LogP contribution is 2.05. The van der Waals surface area contributed by atoms with Crippen molar-refractivity contribution < 1.29 is 13.9 Å². The Kier molecular flexibility index (Phi) is 4.19. The summed E-state index contributed by atoms with van der Waals surface area (Å²) in [5.74, 6) is 1.60. The average Bonchev–Trinajstić information content (AvgIpc) is 2.58. The number of carbonyl (C=O) groups excluding carboxylic acids is 1. The van der Waals surface area contributed by atoms with Gasteiger partial charge in [0, 0.05) is 13.5 Å². The van der Waals surface area contributed by atoms with Crippen LogP contribution in [0, 0.1) is 6.92 Å². The minimum absolute atomic E-state index is 0.0269. The summed E-state index contributed by atoms with van der Waals surface area (Å²) in [7, 11) is 1.57. The van der Waals surface area contributed by atoms with Crippen molar-refractivity contribution in [2.24, 2.45) is 0 Å². The van der Waals surface area contributed by atoms with Gasteiger partial charge in [0.15, 0.2) is 0 Å². The number of ether oxygens (including phenoxy) is 1. The Hall–Kier alpha value is -1.29. The molecule has 0 spiro atoms. The van der Waals surface area contributed by atoms with Crippen molar-refractivity contribution in [2.75, 3.05) is 13.7 Å². The van der Waals surface area contributed by atoms with Crippen molar-refractivity contribution in [3.05, 3.63) is 23.7 Å². The standard InChI is InChI=1S/C10H15NO3/c1-8-3-4-9(14-8)7-11-10(12)5-6-13-2/h3-4H,5-7H2,1-2H3,(H,11,12). The summed E-state index contributed by atoms with van der Waals surface area (Å²) in [5, 5.41) is 2.73. The van der Waals surface area contributed by atoms with Gasteiger partial charge in [0.1, 0.15) is 11.5 Å². The Morgan fingerprint density at radius 2 is 2.36 bits per heavy atom. The van der Waals surface area contributed by atoms with E-state index in [1.54, 1.807) is 7.11 Å². The summed E-state index contributed by atoms with van der Waals surface area (Å²) >= 11 is 0. The van der Waals surface area contributed by atoms with Crippen LogP contribution in [-0.2, 0) is 16.1 Å². The SMILES string of the molecule is COCCC(=O)NCc1ccc(C)o1. The lowest BCUT2D eigenvalue weighted by Crippen LogP contribution is -2.23. The molecule has 0 saturated carbocycles. The maximum absolute atomic E-state index is 11.1. The molecule has 1 rings (SSSR count). The van der Waals surface area contributed by atoms with E-state index in [2.05, 4.69) is 5.32 Å². The first-order valence-electron chi connectivity index (χ1n) is 4.53. The van der Waals surface area contributed by atoms with Crippen LogP contribution in [-0.4, -0.2) is 19.6 Å². The number of hydrogen-bond acceptors (Lipinski definition) is 3. The molecule has 1 aromatic rings. The van der Waals surface area contributed by atoms with Gasteiger partial charge in [0.2, 0.25) is 5.91 Å². The van der Waals surface area contributed by atoms with Gasteiger partial charge in [0.25, 0.3) is 0 Å². The molecule has 0 unspecified atom stereocenters. The lowest BCUT2D eigenvalue weighted by atomic mass is 10.4. The second kappa shape index (κ2) is 5.44. The smallest absolute Gasteiger partial charge is 0.222 e. The summed E-state index contributed by atoms with van der Waals surface area (Å²) in [6, 6.07) is 3.72. The van der Waals surface area contributed by atoms with Crippen molar-refractivity contribution >= 4 is 5.91 Å². The van der Waals surface area contributed by atoms with E-state index in [1.807, 2.05) is 19.1 Å². The number of furan rings is 1. The fourth-order valence-corrected chi connectivity index (χ4v) is 1.05. The Balaban J connectivity index is 2.23. The average molecular weight is 197 g/mol. The molecule has 14 heavy (non-hydrogen) atoms. The monoisotopic (exact) mass is 197 g/mol. The zero-order valence-electron chi connectivity index (χ0n) is 8.50. The maximum atomic E-state index is 11.1. The highest BCUT2D eigenvalue weighted by Gasteiger charge is 2.02. The van der Waals surface area contributed by atoms with Crippen LogP contribution in [0.2, 0.25) is 0 Å². The Morgan fingerprint density at radius 1 is 1.57 bits per heavy atom. The molecule has 4 heteroatoms. The predicted octanol–water partition coefficient (Wildman–Crippen LogP) is 1.24. The van der Waals surface area contributed by atoms with E-state index in [0.717, 1.165) is 11.5 Å². The quantitative estimate of drug-likeness (QED) is 0.772. The summed E-state index contributed by atoms with van der Waals surface area (Å²) in [4.78, 5) is 11.1. The van der Waals surface area contributed by atoms with Crippen LogP contribution in [0.25, 0.3) is 0 Å². The van der Waals surface area contributed by atoms with Crippen molar-refractivity contribution in [1.29, 1.82) is 0 Å². The second-order valence-electron chi connectivity index (χ2n) is 3.03. The minimum atomic E-state index is -0.0269. The number of amides is 1. The van der Waals surface area contributed by atoms with Crippen molar-refractivity contribution in [3.63, 3.8) is 0 Å². The van der Waals surface area contributed by atoms with Gasteiger partial charge >= 0.3 is 0 Å². The van der Waals surface area contributed by atoms with E-state index in [-0.39, 0.29) is 5.91 Å². The molecule has 78 valence electrons. The van der Waals surface area contributed by atoms with Crippen LogP contribution in [0.3, 0.4) is 0 Å². The number of aryl methyl sites for hydroxylation is 1. The molecule has 1 heterocycles. The van der Waals surface area contributed by atoms with E-state index in [1.165, 1.54) is 0 Å². The summed E-state index contributed by atoms with van der Waals surface area (Å²) < 4.78 is 10.1. The van der Waals surface area contributed by atoms with Gasteiger partial charge in [-0.2, -0.15) is 0 Å². The molecule has 1 aromatic heterocycles. The van der Waals surface area contributed by atoms with Gasteiger partial charge in [-0.1, -0.05) is 0 Å². The number of nitrogens with one attached hydrogen (secondary N) is 1. The third-order valence-electron chi connectivity index (χ3n) is 1.79. The van der Waals surface area contributed by atoms with Gasteiger partial charge in [0.05, 0.1) is 13.2 Å². The molecule has 0 saturated heterocycles. The van der Waals surface area contributed by atoms with E-state index in [4.69, 9.17) is 9.15 Å². The first-order chi connectivity index (χ1) is 6.72. The molecular weight excluding hydrogens is 182 g/mol. The van der Waals surface area contributed by atoms with E-state index in [0.29, 0.717) is 19.6 Å². The molecule has 1 amide bonds. The van der Waals surface area contributed by atoms with E-state index in [9.17, 15) is 4.79 Å². The van der Waals surface area contributed by atoms with E-state index < -0.39 is 0 Å². The Bertz CT molecular complexity index is 293. The fourth-order valence-electron chi connectivity index (χ4n) is 1.05. The lowest BCUT2D eigenvalue weighted by molar-refractivity contribution is -0.122. The predicted molar refractivity (Wildman–Crippen MR) is 51.8 cm³/mol. The van der Waals surface area contributed by atoms with Gasteiger partial charge in [-0.05, 0) is 19.1 Å². The van der Waals surface area contributed by atoms with Gasteiger partial charge in [-0.15, -0.1) is 0 Å². The lowest BCUT2D eigenvalue weighted by Gasteiger charge is -2.01. The van der Waals surface area contributed by atoms with E-state index >= 15 is 0 Å². The van der Waals surface area contributed by atoms with Crippen molar-refractivity contribution in [2.45, 2.75) is 19.9 Å². The van der Waals surface area contributed by atoms with Crippen LogP contribution >= 0.6 is 0 Å². The normalized spacial score (nSPS) is 10.1. The van der Waals surface area contributed by atoms with Gasteiger partial charge in [-0.25, -0.2) is 0 Å². The molecule has 4 nitrogen and oxygen atoms in total. The van der Waals surface area contributed by atoms with Crippen molar-refractivity contribution in [3.8, 4) is 0 Å². The van der Waals surface area contributed by atoms with Crippen LogP contribution in [0.4, 0.5) is 0 Å². The van der Waals surface area contributed by atoms with Crippen LogP contribution in [0.1, 0.15) is 17.9 Å². The summed E-state index contributed by atoms with van der Waals surface area (Å²) in [5.41, 5.74) is 0. The molecule has 0 fully saturated rings. The molecule has 0 radical (unpaired) electrons. The largest absolute Gasteiger partial charge is 0.465 e. The minimum Gasteiger partial charge on any atom is -0.465 e. The first-order valence-corrected chi connectivity index (χ1v) is 4.53. The first kappa shape index (κ1) is 10.8. The van der Waals surface area contributed by atoms with Crippen LogP contribution in [0.5, 0.6) is 0 Å².